The number of benzene rings is 1. The van der Waals surface area contributed by atoms with E-state index in [-0.39, 0.29) is 0 Å². The highest BCUT2D eigenvalue weighted by Gasteiger charge is 2.02. The van der Waals surface area contributed by atoms with Crippen molar-refractivity contribution in [1.29, 1.82) is 0 Å². The Morgan fingerprint density at radius 3 is 2.19 bits per heavy atom. The Morgan fingerprint density at radius 1 is 1.09 bits per heavy atom. The predicted molar refractivity (Wildman–Crippen MR) is 149 cm³/mol. The number of nitrogens with one attached hydrogen (secondary N) is 1. The van der Waals surface area contributed by atoms with E-state index in [1.54, 1.807) is 0 Å². The molecular formula is C30H46N2. The number of rotatable bonds is 7. The zero-order valence-corrected chi connectivity index (χ0v) is 22.0. The molecule has 1 aromatic rings. The third-order valence-electron chi connectivity index (χ3n) is 4.16. The molecule has 0 aromatic heterocycles. The van der Waals surface area contributed by atoms with Crippen molar-refractivity contribution < 1.29 is 0 Å². The second kappa shape index (κ2) is 20.1. The van der Waals surface area contributed by atoms with Crippen molar-refractivity contribution in [3.8, 4) is 0 Å². The van der Waals surface area contributed by atoms with Gasteiger partial charge in [0, 0.05) is 6.20 Å². The van der Waals surface area contributed by atoms with Crippen molar-refractivity contribution in [2.24, 2.45) is 5.10 Å². The monoisotopic (exact) mass is 434 g/mol. The summed E-state index contributed by atoms with van der Waals surface area (Å²) in [6.07, 6.45) is 14.3. The zero-order valence-electron chi connectivity index (χ0n) is 22.0. The molecular weight excluding hydrogens is 388 g/mol. The van der Waals surface area contributed by atoms with Crippen molar-refractivity contribution >= 4 is 11.3 Å². The van der Waals surface area contributed by atoms with Gasteiger partial charge in [-0.1, -0.05) is 106 Å². The van der Waals surface area contributed by atoms with Gasteiger partial charge in [0.25, 0.3) is 0 Å². The number of allylic oxidation sites excluding steroid dienone is 9. The van der Waals surface area contributed by atoms with Gasteiger partial charge in [0.15, 0.2) is 0 Å². The molecule has 1 aliphatic carbocycles. The first kappa shape index (κ1) is 31.3. The Balaban J connectivity index is 0. The lowest BCUT2D eigenvalue weighted by Crippen LogP contribution is -2.03. The first-order valence-corrected chi connectivity index (χ1v) is 11.7. The average Bonchev–Trinajstić information content (AvgIpc) is 3.34. The molecule has 0 amide bonds. The molecule has 2 nitrogen and oxygen atoms in total. The molecule has 0 radical (unpaired) electrons. The number of hydrogen-bond acceptors (Lipinski definition) is 2. The van der Waals surface area contributed by atoms with Crippen molar-refractivity contribution in [1.82, 2.24) is 5.43 Å². The van der Waals surface area contributed by atoms with Crippen molar-refractivity contribution in [3.63, 3.8) is 0 Å². The lowest BCUT2D eigenvalue weighted by Gasteiger charge is -2.05. The van der Waals surface area contributed by atoms with E-state index in [1.165, 1.54) is 22.3 Å². The molecule has 0 atom stereocenters. The van der Waals surface area contributed by atoms with Gasteiger partial charge in [-0.2, -0.15) is 5.10 Å². The maximum absolute atomic E-state index is 4.39. The van der Waals surface area contributed by atoms with Crippen molar-refractivity contribution in [2.45, 2.75) is 75.2 Å². The quantitative estimate of drug-likeness (QED) is 0.196. The van der Waals surface area contributed by atoms with Crippen LogP contribution in [-0.4, -0.2) is 5.71 Å². The number of hydrazone groups is 1. The summed E-state index contributed by atoms with van der Waals surface area (Å²) in [6.45, 7) is 25.9. The maximum atomic E-state index is 4.39. The third kappa shape index (κ3) is 15.0. The van der Waals surface area contributed by atoms with Gasteiger partial charge in [0.1, 0.15) is 0 Å². The Kier molecular flexibility index (Phi) is 19.6. The molecule has 1 aromatic carbocycles. The van der Waals surface area contributed by atoms with E-state index in [0.717, 1.165) is 29.7 Å². The fraction of sp³-hybridized carbons (Fsp3) is 0.367. The second-order valence-corrected chi connectivity index (χ2v) is 7.11. The third-order valence-corrected chi connectivity index (χ3v) is 4.16. The summed E-state index contributed by atoms with van der Waals surface area (Å²) < 4.78 is 0. The van der Waals surface area contributed by atoms with Gasteiger partial charge in [-0.3, -0.25) is 5.43 Å². The van der Waals surface area contributed by atoms with Crippen LogP contribution in [0.25, 0.3) is 5.57 Å². The molecule has 0 spiro atoms. The summed E-state index contributed by atoms with van der Waals surface area (Å²) in [5.41, 5.74) is 11.1. The molecule has 0 bridgehead atoms. The average molecular weight is 435 g/mol. The van der Waals surface area contributed by atoms with Crippen LogP contribution in [0.3, 0.4) is 0 Å². The summed E-state index contributed by atoms with van der Waals surface area (Å²) in [5.74, 6) is 0. The summed E-state index contributed by atoms with van der Waals surface area (Å²) in [6, 6.07) is 8.44. The van der Waals surface area contributed by atoms with Crippen LogP contribution in [0.4, 0.5) is 0 Å². The van der Waals surface area contributed by atoms with Crippen LogP contribution >= 0.6 is 0 Å². The molecule has 0 aliphatic heterocycles. The molecule has 0 unspecified atom stereocenters. The SMILES string of the molecule is C=C(C)/C=C(\C=C/N/N=C(\C)C1=CC=CC1)c1cccc(C)c1.C=C(C)CC.CC.CC. The van der Waals surface area contributed by atoms with E-state index in [4.69, 9.17) is 0 Å². The second-order valence-electron chi connectivity index (χ2n) is 7.11. The number of nitrogens with zero attached hydrogens (tertiary/aromatic N) is 1. The summed E-state index contributed by atoms with van der Waals surface area (Å²) >= 11 is 0. The van der Waals surface area contributed by atoms with Crippen LogP contribution < -0.4 is 5.43 Å². The van der Waals surface area contributed by atoms with Crippen LogP contribution in [0, 0.1) is 6.92 Å². The minimum Gasteiger partial charge on any atom is -0.286 e. The van der Waals surface area contributed by atoms with Crippen LogP contribution in [-0.2, 0) is 0 Å². The van der Waals surface area contributed by atoms with E-state index in [0.29, 0.717) is 0 Å². The topological polar surface area (TPSA) is 24.4 Å². The Hall–Kier alpha value is -2.87. The molecule has 0 saturated carbocycles. The van der Waals surface area contributed by atoms with Crippen molar-refractivity contribution in [2.75, 3.05) is 0 Å². The molecule has 1 aliphatic rings. The minimum absolute atomic E-state index is 0.963. The predicted octanol–water partition coefficient (Wildman–Crippen LogP) is 9.34. The van der Waals surface area contributed by atoms with E-state index < -0.39 is 0 Å². The highest BCUT2D eigenvalue weighted by atomic mass is 15.3. The number of hydrogen-bond donors (Lipinski definition) is 1. The molecule has 2 heteroatoms. The van der Waals surface area contributed by atoms with Gasteiger partial charge in [-0.25, -0.2) is 0 Å². The zero-order chi connectivity index (χ0) is 24.9. The van der Waals surface area contributed by atoms with E-state index >= 15 is 0 Å². The largest absolute Gasteiger partial charge is 0.286 e. The lowest BCUT2D eigenvalue weighted by molar-refractivity contribution is 0.963. The lowest BCUT2D eigenvalue weighted by atomic mass is 10.0. The fourth-order valence-electron chi connectivity index (χ4n) is 2.37. The standard InChI is InChI=1S/C21H24N2.C5H10.2C2H6/c1-16(2)14-21(20-11-7-8-17(3)15-20)12-13-22-23-18(4)19-9-5-6-10-19;1-4-5(2)3;2*1-2/h5-9,11-15,22H,1,10H2,2-4H3;2,4H2,1,3H3;2*1-2H3/b13-12-,21-14+,23-18+;;;. The van der Waals surface area contributed by atoms with E-state index in [2.05, 4.69) is 86.1 Å². The highest BCUT2D eigenvalue weighted by molar-refractivity contribution is 5.99. The van der Waals surface area contributed by atoms with E-state index in [9.17, 15) is 0 Å². The van der Waals surface area contributed by atoms with Gasteiger partial charge >= 0.3 is 0 Å². The summed E-state index contributed by atoms with van der Waals surface area (Å²) in [5, 5.41) is 4.39. The van der Waals surface area contributed by atoms with Crippen LogP contribution in [0.5, 0.6) is 0 Å². The van der Waals surface area contributed by atoms with Crippen molar-refractivity contribution in [3.05, 3.63) is 102 Å². The molecule has 0 fully saturated rings. The molecule has 1 N–H and O–H groups in total. The minimum atomic E-state index is 0.963. The molecule has 2 rings (SSSR count). The molecule has 0 saturated heterocycles. The normalized spacial score (nSPS) is 12.5. The van der Waals surface area contributed by atoms with Crippen LogP contribution in [0.1, 0.15) is 79.4 Å². The number of aryl methyl sites for hydroxylation is 1. The molecule has 176 valence electrons. The van der Waals surface area contributed by atoms with Crippen LogP contribution in [0.2, 0.25) is 0 Å². The maximum Gasteiger partial charge on any atom is 0.0611 e. The summed E-state index contributed by atoms with van der Waals surface area (Å²) in [7, 11) is 0. The van der Waals surface area contributed by atoms with Gasteiger partial charge in [0.2, 0.25) is 0 Å². The van der Waals surface area contributed by atoms with E-state index in [1.807, 2.05) is 60.7 Å². The Labute approximate surface area is 198 Å². The van der Waals surface area contributed by atoms with Gasteiger partial charge in [0.05, 0.1) is 5.71 Å². The fourth-order valence-corrected chi connectivity index (χ4v) is 2.37. The van der Waals surface area contributed by atoms with Gasteiger partial charge < -0.3 is 0 Å². The molecule has 0 heterocycles. The Morgan fingerprint density at radius 2 is 1.72 bits per heavy atom. The van der Waals surface area contributed by atoms with Gasteiger partial charge in [-0.15, -0.1) is 6.58 Å². The molecule has 32 heavy (non-hydrogen) atoms. The Bertz CT molecular complexity index is 830. The van der Waals surface area contributed by atoms with Crippen LogP contribution in [0.15, 0.2) is 95.8 Å². The first-order chi connectivity index (χ1) is 15.3. The first-order valence-electron chi connectivity index (χ1n) is 11.7. The summed E-state index contributed by atoms with van der Waals surface area (Å²) in [4.78, 5) is 0. The smallest absolute Gasteiger partial charge is 0.0611 e. The van der Waals surface area contributed by atoms with Gasteiger partial charge in [-0.05, 0) is 63.3 Å². The highest BCUT2D eigenvalue weighted by Crippen LogP contribution is 2.19.